The topological polar surface area (TPSA) is 82.2 Å². The maximum Gasteiger partial charge on any atom is 0.253 e. The summed E-state index contributed by atoms with van der Waals surface area (Å²) in [6.07, 6.45) is 6.92. The molecule has 0 saturated carbocycles. The van der Waals surface area contributed by atoms with E-state index in [1.165, 1.54) is 0 Å². The molecule has 1 aromatic rings. The Morgan fingerprint density at radius 1 is 1.00 bits per heavy atom. The molecule has 172 valence electrons. The molecule has 0 spiro atoms. The van der Waals surface area contributed by atoms with Gasteiger partial charge in [0, 0.05) is 38.3 Å². The van der Waals surface area contributed by atoms with Crippen LogP contribution in [0.1, 0.15) is 55.3 Å². The molecular formula is C24H32N4O4. The highest BCUT2D eigenvalue weighted by molar-refractivity contribution is 6.09. The molecule has 3 fully saturated rings. The molecule has 32 heavy (non-hydrogen) atoms. The third kappa shape index (κ3) is 4.08. The van der Waals surface area contributed by atoms with E-state index in [-0.39, 0.29) is 36.4 Å². The van der Waals surface area contributed by atoms with E-state index in [0.717, 1.165) is 76.9 Å². The Bertz CT molecular complexity index is 892. The van der Waals surface area contributed by atoms with Crippen LogP contribution < -0.4 is 15.1 Å². The number of hydrogen-bond acceptors (Lipinski definition) is 5. The molecule has 5 rings (SSSR count). The monoisotopic (exact) mass is 440 g/mol. The van der Waals surface area contributed by atoms with Crippen molar-refractivity contribution in [1.82, 2.24) is 10.2 Å². The summed E-state index contributed by atoms with van der Waals surface area (Å²) in [4.78, 5) is 44.8. The maximum atomic E-state index is 13.4. The highest BCUT2D eigenvalue weighted by Gasteiger charge is 2.40. The molecule has 0 radical (unpaired) electrons. The lowest BCUT2D eigenvalue weighted by Gasteiger charge is -2.45. The lowest BCUT2D eigenvalue weighted by atomic mass is 9.95. The first-order valence-corrected chi connectivity index (χ1v) is 12.0. The summed E-state index contributed by atoms with van der Waals surface area (Å²) >= 11 is 0. The van der Waals surface area contributed by atoms with Crippen LogP contribution in [0.2, 0.25) is 0 Å². The average molecular weight is 441 g/mol. The van der Waals surface area contributed by atoms with E-state index in [0.29, 0.717) is 17.8 Å². The number of nitrogens with one attached hydrogen (secondary N) is 1. The van der Waals surface area contributed by atoms with Gasteiger partial charge in [-0.25, -0.2) is 0 Å². The van der Waals surface area contributed by atoms with Crippen molar-refractivity contribution in [2.24, 2.45) is 0 Å². The van der Waals surface area contributed by atoms with Gasteiger partial charge in [-0.15, -0.1) is 0 Å². The van der Waals surface area contributed by atoms with Crippen molar-refractivity contribution in [1.29, 1.82) is 0 Å². The first-order valence-electron chi connectivity index (χ1n) is 12.0. The largest absolute Gasteiger partial charge is 0.376 e. The summed E-state index contributed by atoms with van der Waals surface area (Å²) in [6.45, 7) is 3.55. The zero-order valence-corrected chi connectivity index (χ0v) is 18.6. The molecule has 4 aliphatic heterocycles. The van der Waals surface area contributed by atoms with Gasteiger partial charge < -0.3 is 19.9 Å². The minimum Gasteiger partial charge on any atom is -0.376 e. The number of benzene rings is 1. The summed E-state index contributed by atoms with van der Waals surface area (Å²) in [5.41, 5.74) is 2.20. The molecule has 4 aliphatic rings. The number of carbonyl (C=O) groups is 3. The zero-order valence-electron chi connectivity index (χ0n) is 18.6. The minimum atomic E-state index is -0.234. The standard InChI is InChI=1S/C24H32N4O4/c29-22(25-15-18-6-5-13-32-18)16-28-21-14-17(23(30)26-10-3-4-11-26)8-9-19(21)27-12-2-1-7-20(27)24(28)31/h8-9,14,18,20H,1-7,10-13,15-16H2,(H,25,29). The van der Waals surface area contributed by atoms with Crippen molar-refractivity contribution in [2.75, 3.05) is 49.1 Å². The second kappa shape index (κ2) is 9.10. The van der Waals surface area contributed by atoms with Crippen LogP contribution in [0.25, 0.3) is 0 Å². The van der Waals surface area contributed by atoms with Crippen LogP contribution in [-0.4, -0.2) is 74.1 Å². The normalized spacial score (nSPS) is 25.0. The van der Waals surface area contributed by atoms with E-state index < -0.39 is 0 Å². The molecule has 2 unspecified atom stereocenters. The summed E-state index contributed by atoms with van der Waals surface area (Å²) < 4.78 is 5.59. The van der Waals surface area contributed by atoms with Gasteiger partial charge in [-0.1, -0.05) is 0 Å². The first kappa shape index (κ1) is 21.2. The highest BCUT2D eigenvalue weighted by atomic mass is 16.5. The van der Waals surface area contributed by atoms with Crippen molar-refractivity contribution in [2.45, 2.75) is 57.1 Å². The van der Waals surface area contributed by atoms with Crippen LogP contribution in [0, 0.1) is 0 Å². The average Bonchev–Trinajstić information content (AvgIpc) is 3.54. The molecular weight excluding hydrogens is 408 g/mol. The number of ether oxygens (including phenoxy) is 1. The number of piperidine rings is 1. The van der Waals surface area contributed by atoms with E-state index in [4.69, 9.17) is 4.74 Å². The minimum absolute atomic E-state index is 0.00120. The van der Waals surface area contributed by atoms with Crippen molar-refractivity contribution < 1.29 is 19.1 Å². The lowest BCUT2D eigenvalue weighted by Crippen LogP contribution is -2.57. The molecule has 2 atom stereocenters. The smallest absolute Gasteiger partial charge is 0.253 e. The third-order valence-electron chi connectivity index (χ3n) is 7.12. The maximum absolute atomic E-state index is 13.4. The van der Waals surface area contributed by atoms with Crippen molar-refractivity contribution in [3.8, 4) is 0 Å². The van der Waals surface area contributed by atoms with E-state index in [1.807, 2.05) is 23.1 Å². The Morgan fingerprint density at radius 2 is 1.81 bits per heavy atom. The second-order valence-corrected chi connectivity index (χ2v) is 9.27. The van der Waals surface area contributed by atoms with Crippen molar-refractivity contribution in [3.05, 3.63) is 23.8 Å². The molecule has 4 heterocycles. The highest BCUT2D eigenvalue weighted by Crippen LogP contribution is 2.40. The van der Waals surface area contributed by atoms with Gasteiger partial charge in [-0.3, -0.25) is 19.3 Å². The SMILES string of the molecule is O=C(CN1C(=O)C2CCCCN2c2ccc(C(=O)N3CCCC3)cc21)NCC1CCCO1. The van der Waals surface area contributed by atoms with Crippen LogP contribution in [0.3, 0.4) is 0 Å². The first-order chi connectivity index (χ1) is 15.6. The molecule has 0 bridgehead atoms. The Morgan fingerprint density at radius 3 is 2.59 bits per heavy atom. The quantitative estimate of drug-likeness (QED) is 0.757. The Balaban J connectivity index is 1.40. The Labute approximate surface area is 188 Å². The molecule has 3 saturated heterocycles. The fourth-order valence-corrected chi connectivity index (χ4v) is 5.39. The van der Waals surface area contributed by atoms with Gasteiger partial charge in [0.15, 0.2) is 0 Å². The molecule has 0 aliphatic carbocycles. The van der Waals surface area contributed by atoms with E-state index >= 15 is 0 Å². The van der Waals surface area contributed by atoms with Gasteiger partial charge >= 0.3 is 0 Å². The van der Waals surface area contributed by atoms with Crippen LogP contribution in [0.5, 0.6) is 0 Å². The van der Waals surface area contributed by atoms with Gasteiger partial charge in [-0.2, -0.15) is 0 Å². The van der Waals surface area contributed by atoms with Gasteiger partial charge in [0.2, 0.25) is 11.8 Å². The molecule has 1 N–H and O–H groups in total. The van der Waals surface area contributed by atoms with Crippen LogP contribution in [-0.2, 0) is 14.3 Å². The Hall–Kier alpha value is -2.61. The Kier molecular flexibility index (Phi) is 6.04. The van der Waals surface area contributed by atoms with Gasteiger partial charge in [0.25, 0.3) is 5.91 Å². The van der Waals surface area contributed by atoms with Gasteiger partial charge in [-0.05, 0) is 63.1 Å². The summed E-state index contributed by atoms with van der Waals surface area (Å²) in [5.74, 6) is -0.239. The lowest BCUT2D eigenvalue weighted by molar-refractivity contribution is -0.125. The van der Waals surface area contributed by atoms with Crippen LogP contribution in [0.15, 0.2) is 18.2 Å². The fraction of sp³-hybridized carbons (Fsp3) is 0.625. The van der Waals surface area contributed by atoms with E-state index in [1.54, 1.807) is 4.90 Å². The predicted octanol–water partition coefficient (Wildman–Crippen LogP) is 1.92. The van der Waals surface area contributed by atoms with Crippen molar-refractivity contribution >= 4 is 29.1 Å². The summed E-state index contributed by atoms with van der Waals surface area (Å²) in [5, 5.41) is 2.93. The van der Waals surface area contributed by atoms with Crippen LogP contribution >= 0.6 is 0 Å². The number of likely N-dealkylation sites (tertiary alicyclic amines) is 1. The number of amides is 3. The second-order valence-electron chi connectivity index (χ2n) is 9.27. The number of anilines is 2. The number of carbonyl (C=O) groups excluding carboxylic acids is 3. The predicted molar refractivity (Wildman–Crippen MR) is 121 cm³/mol. The molecule has 0 aromatic heterocycles. The molecule has 8 nitrogen and oxygen atoms in total. The summed E-state index contributed by atoms with van der Waals surface area (Å²) in [6, 6.07) is 5.41. The number of hydrogen-bond donors (Lipinski definition) is 1. The molecule has 8 heteroatoms. The van der Waals surface area contributed by atoms with E-state index in [9.17, 15) is 14.4 Å². The summed E-state index contributed by atoms with van der Waals surface area (Å²) in [7, 11) is 0. The zero-order chi connectivity index (χ0) is 22.1. The number of rotatable bonds is 5. The number of nitrogens with zero attached hydrogens (tertiary/aromatic N) is 3. The van der Waals surface area contributed by atoms with Gasteiger partial charge in [0.05, 0.1) is 17.5 Å². The van der Waals surface area contributed by atoms with Crippen molar-refractivity contribution in [3.63, 3.8) is 0 Å². The molecule has 1 aromatic carbocycles. The third-order valence-corrected chi connectivity index (χ3v) is 7.12. The number of fused-ring (bicyclic) bond motifs is 3. The van der Waals surface area contributed by atoms with Crippen LogP contribution in [0.4, 0.5) is 11.4 Å². The van der Waals surface area contributed by atoms with Gasteiger partial charge in [0.1, 0.15) is 12.6 Å². The fourth-order valence-electron chi connectivity index (χ4n) is 5.39. The molecule has 3 amide bonds. The van der Waals surface area contributed by atoms with E-state index in [2.05, 4.69) is 10.2 Å².